The lowest BCUT2D eigenvalue weighted by atomic mass is 10.1. The molecule has 0 fully saturated rings. The molecule has 2 N–H and O–H groups in total. The molecule has 0 aliphatic rings. The largest absolute Gasteiger partial charge is 0.506 e. The van der Waals surface area contributed by atoms with Crippen molar-refractivity contribution < 1.29 is 19.4 Å². The molecule has 0 aliphatic heterocycles. The van der Waals surface area contributed by atoms with Crippen LogP contribution in [0.25, 0.3) is 0 Å². The minimum atomic E-state index is -0.460. The molecule has 0 aliphatic carbocycles. The van der Waals surface area contributed by atoms with Crippen molar-refractivity contribution >= 4 is 23.5 Å². The Bertz CT molecular complexity index is 514. The molecule has 20 heavy (non-hydrogen) atoms. The summed E-state index contributed by atoms with van der Waals surface area (Å²) >= 11 is 5.77. The summed E-state index contributed by atoms with van der Waals surface area (Å²) in [7, 11) is 1.29. The average molecular weight is 298 g/mol. The van der Waals surface area contributed by atoms with Gasteiger partial charge >= 0.3 is 5.97 Å². The first-order valence-electron chi connectivity index (χ1n) is 6.01. The highest BCUT2D eigenvalue weighted by molar-refractivity contribution is 6.32. The first-order chi connectivity index (χ1) is 9.52. The van der Waals surface area contributed by atoms with E-state index in [-0.39, 0.29) is 23.2 Å². The number of carbonyl (C=O) groups excluding carboxylic acids is 2. The van der Waals surface area contributed by atoms with E-state index in [1.165, 1.54) is 25.3 Å². The quantitative estimate of drug-likeness (QED) is 0.620. The van der Waals surface area contributed by atoms with Crippen molar-refractivity contribution in [1.82, 2.24) is 5.32 Å². The SMILES string of the molecule is COC(=O)/C=C/CNC(=O)CCc1ccc(O)c(Cl)c1. The molecule has 0 saturated carbocycles. The van der Waals surface area contributed by atoms with Crippen LogP contribution in [0.3, 0.4) is 0 Å². The Morgan fingerprint density at radius 2 is 2.20 bits per heavy atom. The highest BCUT2D eigenvalue weighted by Crippen LogP contribution is 2.24. The number of benzene rings is 1. The Kier molecular flexibility index (Phi) is 6.59. The van der Waals surface area contributed by atoms with E-state index in [4.69, 9.17) is 11.6 Å². The molecule has 0 spiro atoms. The standard InChI is InChI=1S/C14H16ClNO4/c1-20-14(19)3-2-8-16-13(18)7-5-10-4-6-12(17)11(15)9-10/h2-4,6,9,17H,5,7-8H2,1H3,(H,16,18)/b3-2+. The van der Waals surface area contributed by atoms with Gasteiger partial charge in [0.15, 0.2) is 0 Å². The molecule has 0 unspecified atom stereocenters. The molecule has 108 valence electrons. The van der Waals surface area contributed by atoms with Crippen molar-refractivity contribution in [3.05, 3.63) is 40.9 Å². The Labute approximate surface area is 122 Å². The van der Waals surface area contributed by atoms with Crippen molar-refractivity contribution in [3.63, 3.8) is 0 Å². The molecule has 0 aromatic heterocycles. The Morgan fingerprint density at radius 1 is 1.45 bits per heavy atom. The second-order valence-electron chi connectivity index (χ2n) is 4.02. The summed E-state index contributed by atoms with van der Waals surface area (Å²) in [5.41, 5.74) is 0.869. The topological polar surface area (TPSA) is 75.6 Å². The number of halogens is 1. The second-order valence-corrected chi connectivity index (χ2v) is 4.42. The van der Waals surface area contributed by atoms with Crippen LogP contribution in [0.2, 0.25) is 5.02 Å². The number of phenolic OH excluding ortho intramolecular Hbond substituents is 1. The van der Waals surface area contributed by atoms with Crippen LogP contribution in [0.4, 0.5) is 0 Å². The van der Waals surface area contributed by atoms with Crippen molar-refractivity contribution in [2.24, 2.45) is 0 Å². The van der Waals surface area contributed by atoms with Gasteiger partial charge in [-0.15, -0.1) is 0 Å². The van der Waals surface area contributed by atoms with Gasteiger partial charge in [-0.2, -0.15) is 0 Å². The zero-order valence-electron chi connectivity index (χ0n) is 11.1. The van der Waals surface area contributed by atoms with E-state index in [0.29, 0.717) is 12.8 Å². The molecule has 0 radical (unpaired) electrons. The lowest BCUT2D eigenvalue weighted by Gasteiger charge is -2.04. The van der Waals surface area contributed by atoms with Crippen molar-refractivity contribution in [2.75, 3.05) is 13.7 Å². The molecule has 0 bridgehead atoms. The second kappa shape index (κ2) is 8.22. The van der Waals surface area contributed by atoms with Gasteiger partial charge in [-0.05, 0) is 24.1 Å². The first-order valence-corrected chi connectivity index (χ1v) is 6.39. The minimum Gasteiger partial charge on any atom is -0.506 e. The lowest BCUT2D eigenvalue weighted by molar-refractivity contribution is -0.134. The zero-order valence-corrected chi connectivity index (χ0v) is 11.8. The van der Waals surface area contributed by atoms with Crippen LogP contribution in [0.15, 0.2) is 30.4 Å². The highest BCUT2D eigenvalue weighted by atomic mass is 35.5. The van der Waals surface area contributed by atoms with E-state index >= 15 is 0 Å². The monoisotopic (exact) mass is 297 g/mol. The van der Waals surface area contributed by atoms with Crippen LogP contribution >= 0.6 is 11.6 Å². The van der Waals surface area contributed by atoms with Crippen molar-refractivity contribution in [2.45, 2.75) is 12.8 Å². The molecule has 1 aromatic carbocycles. The van der Waals surface area contributed by atoms with Gasteiger partial charge in [0, 0.05) is 19.0 Å². The van der Waals surface area contributed by atoms with Gasteiger partial charge in [0.2, 0.25) is 5.91 Å². The summed E-state index contributed by atoms with van der Waals surface area (Å²) in [4.78, 5) is 22.3. The van der Waals surface area contributed by atoms with Crippen molar-refractivity contribution in [3.8, 4) is 5.75 Å². The predicted octanol–water partition coefficient (Wildman–Crippen LogP) is 1.82. The third kappa shape index (κ3) is 5.75. The van der Waals surface area contributed by atoms with Gasteiger partial charge in [-0.3, -0.25) is 4.79 Å². The first kappa shape index (κ1) is 16.0. The van der Waals surface area contributed by atoms with Gasteiger partial charge in [-0.1, -0.05) is 23.7 Å². The predicted molar refractivity (Wildman–Crippen MR) is 75.6 cm³/mol. The number of rotatable bonds is 6. The number of nitrogens with one attached hydrogen (secondary N) is 1. The maximum absolute atomic E-state index is 11.5. The summed E-state index contributed by atoms with van der Waals surface area (Å²) in [5, 5.41) is 12.2. The van der Waals surface area contributed by atoms with Gasteiger partial charge in [0.25, 0.3) is 0 Å². The number of hydrogen-bond donors (Lipinski definition) is 2. The van der Waals surface area contributed by atoms with E-state index in [1.54, 1.807) is 12.1 Å². The van der Waals surface area contributed by atoms with E-state index in [2.05, 4.69) is 10.1 Å². The molecule has 6 heteroatoms. The molecule has 1 aromatic rings. The van der Waals surface area contributed by atoms with Crippen LogP contribution in [-0.4, -0.2) is 30.6 Å². The number of aryl methyl sites for hydroxylation is 1. The van der Waals surface area contributed by atoms with E-state index < -0.39 is 5.97 Å². The fourth-order valence-electron chi connectivity index (χ4n) is 1.45. The third-order valence-corrected chi connectivity index (χ3v) is 2.83. The van der Waals surface area contributed by atoms with Gasteiger partial charge in [0.1, 0.15) is 5.75 Å². The van der Waals surface area contributed by atoms with Crippen molar-refractivity contribution in [1.29, 1.82) is 0 Å². The molecule has 1 rings (SSSR count). The van der Waals surface area contributed by atoms with Crippen LogP contribution in [-0.2, 0) is 20.7 Å². The smallest absolute Gasteiger partial charge is 0.330 e. The number of hydrogen-bond acceptors (Lipinski definition) is 4. The van der Waals surface area contributed by atoms with Gasteiger partial charge in [0.05, 0.1) is 12.1 Å². The maximum atomic E-state index is 11.5. The Hall–Kier alpha value is -2.01. The van der Waals surface area contributed by atoms with Crippen LogP contribution in [0, 0.1) is 0 Å². The minimum absolute atomic E-state index is 0.0211. The van der Waals surface area contributed by atoms with Crippen LogP contribution < -0.4 is 5.32 Å². The highest BCUT2D eigenvalue weighted by Gasteiger charge is 2.04. The average Bonchev–Trinajstić information content (AvgIpc) is 2.44. The van der Waals surface area contributed by atoms with Crippen LogP contribution in [0.5, 0.6) is 5.75 Å². The van der Waals surface area contributed by atoms with E-state index in [1.807, 2.05) is 0 Å². The molecule has 1 amide bonds. The molecule has 0 atom stereocenters. The zero-order chi connectivity index (χ0) is 15.0. The number of ether oxygens (including phenoxy) is 1. The summed E-state index contributed by atoms with van der Waals surface area (Å²) in [6, 6.07) is 4.83. The molecular formula is C14H16ClNO4. The normalized spacial score (nSPS) is 10.5. The number of amides is 1. The molecule has 0 saturated heterocycles. The summed E-state index contributed by atoms with van der Waals surface area (Å²) < 4.78 is 4.41. The number of methoxy groups -OCH3 is 1. The number of aromatic hydroxyl groups is 1. The summed E-state index contributed by atoms with van der Waals surface area (Å²) in [5.74, 6) is -0.575. The summed E-state index contributed by atoms with van der Waals surface area (Å²) in [6.45, 7) is 0.268. The number of carbonyl (C=O) groups is 2. The Balaban J connectivity index is 2.31. The molecular weight excluding hydrogens is 282 g/mol. The lowest BCUT2D eigenvalue weighted by Crippen LogP contribution is -2.23. The van der Waals surface area contributed by atoms with Crippen LogP contribution in [0.1, 0.15) is 12.0 Å². The fraction of sp³-hybridized carbons (Fsp3) is 0.286. The number of phenols is 1. The van der Waals surface area contributed by atoms with Gasteiger partial charge < -0.3 is 15.2 Å². The fourth-order valence-corrected chi connectivity index (χ4v) is 1.65. The van der Waals surface area contributed by atoms with Gasteiger partial charge in [-0.25, -0.2) is 4.79 Å². The Morgan fingerprint density at radius 3 is 2.85 bits per heavy atom. The number of esters is 1. The van der Waals surface area contributed by atoms with E-state index in [9.17, 15) is 14.7 Å². The molecule has 5 nitrogen and oxygen atoms in total. The van der Waals surface area contributed by atoms with E-state index in [0.717, 1.165) is 5.56 Å². The maximum Gasteiger partial charge on any atom is 0.330 e. The summed E-state index contributed by atoms with van der Waals surface area (Å²) in [6.07, 6.45) is 3.58. The third-order valence-electron chi connectivity index (χ3n) is 2.53. The molecule has 0 heterocycles.